The Bertz CT molecular complexity index is 898. The lowest BCUT2D eigenvalue weighted by Gasteiger charge is -2.18. The molecule has 1 aromatic heterocycles. The van der Waals surface area contributed by atoms with Crippen molar-refractivity contribution in [3.8, 4) is 16.9 Å². The molecular weight excluding hydrogens is 336 g/mol. The number of thiazole rings is 1. The van der Waals surface area contributed by atoms with Crippen LogP contribution in [0.25, 0.3) is 21.3 Å². The van der Waals surface area contributed by atoms with E-state index in [1.165, 1.54) is 11.3 Å². The number of rotatable bonds is 3. The van der Waals surface area contributed by atoms with Gasteiger partial charge < -0.3 is 9.47 Å². The van der Waals surface area contributed by atoms with Gasteiger partial charge in [-0.05, 0) is 38.5 Å². The number of hydrogen-bond acceptors (Lipinski definition) is 5. The Labute approximate surface area is 150 Å². The molecule has 0 fully saturated rings. The lowest BCUT2D eigenvalue weighted by atomic mass is 10.1. The number of ether oxygens (including phenoxy) is 2. The molecule has 3 rings (SSSR count). The molecule has 0 atom stereocenters. The number of fused-ring (bicyclic) bond motifs is 1. The van der Waals surface area contributed by atoms with Crippen LogP contribution in [0.3, 0.4) is 0 Å². The van der Waals surface area contributed by atoms with Gasteiger partial charge in [0.05, 0.1) is 11.8 Å². The molecule has 5 nitrogen and oxygen atoms in total. The maximum absolute atomic E-state index is 12.0. The molecule has 0 aliphatic carbocycles. The van der Waals surface area contributed by atoms with E-state index in [9.17, 15) is 4.79 Å². The molecule has 0 radical (unpaired) electrons. The molecule has 6 heteroatoms. The Morgan fingerprint density at radius 2 is 1.84 bits per heavy atom. The van der Waals surface area contributed by atoms with Crippen molar-refractivity contribution in [2.45, 2.75) is 26.4 Å². The first-order valence-electron chi connectivity index (χ1n) is 7.90. The van der Waals surface area contributed by atoms with E-state index in [4.69, 9.17) is 9.47 Å². The molecule has 0 bridgehead atoms. The SMILES string of the molecule is COc1ccc(-c2ccccc2)c2sc(NC(=O)OC(C)(C)C)nc12. The third-order valence-corrected chi connectivity index (χ3v) is 4.42. The van der Waals surface area contributed by atoms with E-state index in [1.807, 2.05) is 63.2 Å². The second kappa shape index (κ2) is 6.72. The molecule has 25 heavy (non-hydrogen) atoms. The molecule has 0 saturated heterocycles. The van der Waals surface area contributed by atoms with Crippen LogP contribution in [-0.4, -0.2) is 23.8 Å². The molecular formula is C19H20N2O3S. The monoisotopic (exact) mass is 356 g/mol. The van der Waals surface area contributed by atoms with Crippen molar-refractivity contribution in [2.24, 2.45) is 0 Å². The summed E-state index contributed by atoms with van der Waals surface area (Å²) in [4.78, 5) is 16.5. The zero-order chi connectivity index (χ0) is 18.0. The summed E-state index contributed by atoms with van der Waals surface area (Å²) in [6.07, 6.45) is -0.521. The molecule has 1 N–H and O–H groups in total. The topological polar surface area (TPSA) is 60.5 Å². The number of amides is 1. The average molecular weight is 356 g/mol. The van der Waals surface area contributed by atoms with Gasteiger partial charge in [0, 0.05) is 5.56 Å². The van der Waals surface area contributed by atoms with E-state index in [0.717, 1.165) is 21.3 Å². The van der Waals surface area contributed by atoms with E-state index in [2.05, 4.69) is 10.3 Å². The summed E-state index contributed by atoms with van der Waals surface area (Å²) in [6, 6.07) is 13.9. The molecule has 0 unspecified atom stereocenters. The van der Waals surface area contributed by atoms with Crippen molar-refractivity contribution in [3.63, 3.8) is 0 Å². The van der Waals surface area contributed by atoms with Crippen LogP contribution >= 0.6 is 11.3 Å². The van der Waals surface area contributed by atoms with Gasteiger partial charge in [-0.2, -0.15) is 0 Å². The molecule has 2 aromatic carbocycles. The number of carbonyl (C=O) groups is 1. The number of nitrogens with zero attached hydrogens (tertiary/aromatic N) is 1. The van der Waals surface area contributed by atoms with Gasteiger partial charge in [0.1, 0.15) is 16.9 Å². The Morgan fingerprint density at radius 1 is 1.12 bits per heavy atom. The van der Waals surface area contributed by atoms with Gasteiger partial charge in [0.25, 0.3) is 0 Å². The standard InChI is InChI=1S/C19H20N2O3S/c1-19(2,3)24-18(22)21-17-20-15-14(23-4)11-10-13(16(15)25-17)12-8-6-5-7-9-12/h5-11H,1-4H3,(H,20,21,22). The highest BCUT2D eigenvalue weighted by atomic mass is 32.1. The highest BCUT2D eigenvalue weighted by molar-refractivity contribution is 7.23. The molecule has 0 aliphatic rings. The van der Waals surface area contributed by atoms with Crippen LogP contribution in [0.4, 0.5) is 9.93 Å². The minimum absolute atomic E-state index is 0.478. The molecule has 0 aliphatic heterocycles. The maximum Gasteiger partial charge on any atom is 0.413 e. The number of aromatic nitrogens is 1. The lowest BCUT2D eigenvalue weighted by molar-refractivity contribution is 0.0636. The molecule has 0 saturated carbocycles. The van der Waals surface area contributed by atoms with Crippen LogP contribution in [0.5, 0.6) is 5.75 Å². The fourth-order valence-electron chi connectivity index (χ4n) is 2.44. The predicted octanol–water partition coefficient (Wildman–Crippen LogP) is 5.32. The van der Waals surface area contributed by atoms with E-state index in [1.54, 1.807) is 7.11 Å². The maximum atomic E-state index is 12.0. The number of carbonyl (C=O) groups excluding carboxylic acids is 1. The first-order valence-corrected chi connectivity index (χ1v) is 8.72. The van der Waals surface area contributed by atoms with Crippen LogP contribution in [0.2, 0.25) is 0 Å². The van der Waals surface area contributed by atoms with Crippen LogP contribution in [0, 0.1) is 0 Å². The van der Waals surface area contributed by atoms with E-state index in [0.29, 0.717) is 10.9 Å². The van der Waals surface area contributed by atoms with Crippen molar-refractivity contribution < 1.29 is 14.3 Å². The molecule has 1 heterocycles. The smallest absolute Gasteiger partial charge is 0.413 e. The Morgan fingerprint density at radius 3 is 2.48 bits per heavy atom. The quantitative estimate of drug-likeness (QED) is 0.690. The molecule has 3 aromatic rings. The van der Waals surface area contributed by atoms with Crippen LogP contribution in [0.15, 0.2) is 42.5 Å². The van der Waals surface area contributed by atoms with Crippen molar-refractivity contribution in [1.82, 2.24) is 4.98 Å². The summed E-state index contributed by atoms with van der Waals surface area (Å²) >= 11 is 1.40. The van der Waals surface area contributed by atoms with Crippen LogP contribution in [0.1, 0.15) is 20.8 Å². The summed E-state index contributed by atoms with van der Waals surface area (Å²) in [5.41, 5.74) is 2.29. The highest BCUT2D eigenvalue weighted by Crippen LogP contribution is 2.39. The number of methoxy groups -OCH3 is 1. The van der Waals surface area contributed by atoms with Gasteiger partial charge in [-0.3, -0.25) is 5.32 Å². The van der Waals surface area contributed by atoms with Gasteiger partial charge in [0.15, 0.2) is 5.13 Å². The number of hydrogen-bond donors (Lipinski definition) is 1. The Kier molecular flexibility index (Phi) is 4.63. The highest BCUT2D eigenvalue weighted by Gasteiger charge is 2.19. The first kappa shape index (κ1) is 17.2. The lowest BCUT2D eigenvalue weighted by Crippen LogP contribution is -2.27. The zero-order valence-electron chi connectivity index (χ0n) is 14.6. The van der Waals surface area contributed by atoms with Crippen molar-refractivity contribution >= 4 is 32.8 Å². The summed E-state index contributed by atoms with van der Waals surface area (Å²) in [5.74, 6) is 0.670. The van der Waals surface area contributed by atoms with Crippen molar-refractivity contribution in [3.05, 3.63) is 42.5 Å². The predicted molar refractivity (Wildman–Crippen MR) is 101 cm³/mol. The Hall–Kier alpha value is -2.60. The second-order valence-corrected chi connectivity index (χ2v) is 7.50. The molecule has 1 amide bonds. The third-order valence-electron chi connectivity index (χ3n) is 3.42. The number of anilines is 1. The van der Waals surface area contributed by atoms with Gasteiger partial charge >= 0.3 is 6.09 Å². The van der Waals surface area contributed by atoms with Gasteiger partial charge in [-0.25, -0.2) is 9.78 Å². The minimum Gasteiger partial charge on any atom is -0.494 e. The fourth-order valence-corrected chi connectivity index (χ4v) is 3.44. The van der Waals surface area contributed by atoms with Crippen LogP contribution < -0.4 is 10.1 Å². The van der Waals surface area contributed by atoms with Crippen molar-refractivity contribution in [2.75, 3.05) is 12.4 Å². The largest absolute Gasteiger partial charge is 0.494 e. The van der Waals surface area contributed by atoms with E-state index < -0.39 is 11.7 Å². The summed E-state index contributed by atoms with van der Waals surface area (Å²) in [6.45, 7) is 5.46. The third kappa shape index (κ3) is 3.91. The summed E-state index contributed by atoms with van der Waals surface area (Å²) in [5, 5.41) is 3.19. The number of benzene rings is 2. The second-order valence-electron chi connectivity index (χ2n) is 6.51. The Balaban J connectivity index is 2.02. The van der Waals surface area contributed by atoms with Gasteiger partial charge in [-0.1, -0.05) is 41.7 Å². The number of nitrogens with one attached hydrogen (secondary N) is 1. The summed E-state index contributed by atoms with van der Waals surface area (Å²) in [7, 11) is 1.61. The van der Waals surface area contributed by atoms with Gasteiger partial charge in [0.2, 0.25) is 0 Å². The molecule has 130 valence electrons. The minimum atomic E-state index is -0.562. The molecule has 0 spiro atoms. The summed E-state index contributed by atoms with van der Waals surface area (Å²) < 4.78 is 11.7. The average Bonchev–Trinajstić information content (AvgIpc) is 2.96. The van der Waals surface area contributed by atoms with Crippen molar-refractivity contribution in [1.29, 1.82) is 0 Å². The van der Waals surface area contributed by atoms with E-state index in [-0.39, 0.29) is 0 Å². The van der Waals surface area contributed by atoms with Gasteiger partial charge in [-0.15, -0.1) is 0 Å². The fraction of sp³-hybridized carbons (Fsp3) is 0.263. The normalized spacial score (nSPS) is 11.4. The van der Waals surface area contributed by atoms with E-state index >= 15 is 0 Å². The van der Waals surface area contributed by atoms with Crippen LogP contribution in [-0.2, 0) is 4.74 Å². The zero-order valence-corrected chi connectivity index (χ0v) is 15.4. The first-order chi connectivity index (χ1) is 11.9.